The average molecular weight is 253 g/mol. The summed E-state index contributed by atoms with van der Waals surface area (Å²) in [6, 6.07) is 1.94. The van der Waals surface area contributed by atoms with Crippen LogP contribution in [0.4, 0.5) is 10.7 Å². The molecule has 17 heavy (non-hydrogen) atoms. The van der Waals surface area contributed by atoms with Crippen LogP contribution in [0.5, 0.6) is 0 Å². The van der Waals surface area contributed by atoms with Gasteiger partial charge in [-0.05, 0) is 6.07 Å². The van der Waals surface area contributed by atoms with E-state index in [1.54, 1.807) is 0 Å². The number of anilines is 2. The molecule has 2 rings (SSSR count). The van der Waals surface area contributed by atoms with Crippen LogP contribution in [0.2, 0.25) is 0 Å². The summed E-state index contributed by atoms with van der Waals surface area (Å²) in [7, 11) is 0. The van der Waals surface area contributed by atoms with Crippen LogP contribution >= 0.6 is 11.3 Å². The standard InChI is InChI=1S/C12H19N3OS/c1-8(2)11(16)12-9(13)7-10(17-12)15-5-3-14-4-6-15/h7-8,14H,3-6,13H2,1-2H3. The van der Waals surface area contributed by atoms with Crippen LogP contribution in [0.3, 0.4) is 0 Å². The number of nitrogens with zero attached hydrogens (tertiary/aromatic N) is 1. The van der Waals surface area contributed by atoms with Crippen LogP contribution in [-0.4, -0.2) is 32.0 Å². The molecule has 0 amide bonds. The molecule has 1 aromatic heterocycles. The lowest BCUT2D eigenvalue weighted by Crippen LogP contribution is -2.43. The molecule has 0 atom stereocenters. The summed E-state index contributed by atoms with van der Waals surface area (Å²) >= 11 is 1.53. The molecule has 0 aromatic carbocycles. The lowest BCUT2D eigenvalue weighted by Gasteiger charge is -2.27. The summed E-state index contributed by atoms with van der Waals surface area (Å²) in [5.41, 5.74) is 6.56. The highest BCUT2D eigenvalue weighted by Gasteiger charge is 2.20. The van der Waals surface area contributed by atoms with Crippen LogP contribution in [0.25, 0.3) is 0 Å². The van der Waals surface area contributed by atoms with Crippen molar-refractivity contribution in [3.63, 3.8) is 0 Å². The molecule has 0 bridgehead atoms. The molecule has 4 nitrogen and oxygen atoms in total. The fourth-order valence-electron chi connectivity index (χ4n) is 1.89. The number of rotatable bonds is 3. The van der Waals surface area contributed by atoms with Gasteiger partial charge in [0.1, 0.15) is 0 Å². The van der Waals surface area contributed by atoms with Crippen LogP contribution in [0, 0.1) is 5.92 Å². The number of carbonyl (C=O) groups is 1. The number of carbonyl (C=O) groups excluding carboxylic acids is 1. The van der Waals surface area contributed by atoms with Crippen molar-refractivity contribution in [1.82, 2.24) is 5.32 Å². The van der Waals surface area contributed by atoms with Gasteiger partial charge in [0.15, 0.2) is 5.78 Å². The second-order valence-corrected chi connectivity index (χ2v) is 5.66. The van der Waals surface area contributed by atoms with Crippen LogP contribution < -0.4 is 16.0 Å². The third kappa shape index (κ3) is 2.61. The van der Waals surface area contributed by atoms with E-state index in [1.807, 2.05) is 19.9 Å². The molecule has 2 heterocycles. The first kappa shape index (κ1) is 12.4. The van der Waals surface area contributed by atoms with Crippen molar-refractivity contribution in [1.29, 1.82) is 0 Å². The maximum atomic E-state index is 12.0. The number of ketones is 1. The molecule has 0 saturated carbocycles. The minimum atomic E-state index is 0.00632. The fourth-order valence-corrected chi connectivity index (χ4v) is 3.11. The Kier molecular flexibility index (Phi) is 3.69. The first-order valence-corrected chi connectivity index (χ1v) is 6.80. The van der Waals surface area contributed by atoms with Gasteiger partial charge < -0.3 is 16.0 Å². The van der Waals surface area contributed by atoms with Crippen molar-refractivity contribution in [2.24, 2.45) is 5.92 Å². The zero-order valence-corrected chi connectivity index (χ0v) is 11.1. The largest absolute Gasteiger partial charge is 0.397 e. The summed E-state index contributed by atoms with van der Waals surface area (Å²) in [4.78, 5) is 15.0. The Morgan fingerprint density at radius 1 is 1.47 bits per heavy atom. The fraction of sp³-hybridized carbons (Fsp3) is 0.583. The molecule has 5 heteroatoms. The number of nitrogens with one attached hydrogen (secondary N) is 1. The number of nitrogen functional groups attached to an aromatic ring is 1. The van der Waals surface area contributed by atoms with Gasteiger partial charge in [0, 0.05) is 32.1 Å². The van der Waals surface area contributed by atoms with Crippen molar-refractivity contribution in [2.45, 2.75) is 13.8 Å². The predicted molar refractivity (Wildman–Crippen MR) is 73.0 cm³/mol. The summed E-state index contributed by atoms with van der Waals surface area (Å²) in [6.45, 7) is 7.76. The summed E-state index contributed by atoms with van der Waals surface area (Å²) in [6.07, 6.45) is 0. The molecule has 3 N–H and O–H groups in total. The number of hydrogen-bond acceptors (Lipinski definition) is 5. The van der Waals surface area contributed by atoms with E-state index in [0.29, 0.717) is 10.6 Å². The van der Waals surface area contributed by atoms with E-state index < -0.39 is 0 Å². The van der Waals surface area contributed by atoms with Gasteiger partial charge in [-0.3, -0.25) is 4.79 Å². The Morgan fingerprint density at radius 3 is 2.71 bits per heavy atom. The lowest BCUT2D eigenvalue weighted by atomic mass is 10.1. The zero-order valence-electron chi connectivity index (χ0n) is 10.3. The quantitative estimate of drug-likeness (QED) is 0.803. The Hall–Kier alpha value is -1.07. The van der Waals surface area contributed by atoms with Crippen molar-refractivity contribution in [3.05, 3.63) is 10.9 Å². The summed E-state index contributed by atoms with van der Waals surface area (Å²) < 4.78 is 0. The Balaban J connectivity index is 2.20. The molecule has 0 spiro atoms. The molecular weight excluding hydrogens is 234 g/mol. The summed E-state index contributed by atoms with van der Waals surface area (Å²) in [5.74, 6) is 0.153. The molecule has 1 aliphatic heterocycles. The van der Waals surface area contributed by atoms with Gasteiger partial charge in [-0.25, -0.2) is 0 Å². The second-order valence-electron chi connectivity index (χ2n) is 4.63. The third-order valence-electron chi connectivity index (χ3n) is 2.92. The number of thiophene rings is 1. The SMILES string of the molecule is CC(C)C(=O)c1sc(N2CCNCC2)cc1N. The van der Waals surface area contributed by atoms with Gasteiger partial charge in [0.05, 0.1) is 15.6 Å². The Bertz CT molecular complexity index is 408. The monoisotopic (exact) mass is 253 g/mol. The topological polar surface area (TPSA) is 58.4 Å². The van der Waals surface area contributed by atoms with Gasteiger partial charge in [0.2, 0.25) is 0 Å². The third-order valence-corrected chi connectivity index (χ3v) is 4.15. The minimum absolute atomic E-state index is 0.00632. The molecule has 0 aliphatic carbocycles. The Morgan fingerprint density at radius 2 is 2.12 bits per heavy atom. The van der Waals surface area contributed by atoms with Crippen molar-refractivity contribution in [2.75, 3.05) is 36.8 Å². The van der Waals surface area contributed by atoms with E-state index in [9.17, 15) is 4.79 Å². The summed E-state index contributed by atoms with van der Waals surface area (Å²) in [5, 5.41) is 4.43. The van der Waals surface area contributed by atoms with Crippen LogP contribution in [-0.2, 0) is 0 Å². The van der Waals surface area contributed by atoms with E-state index in [2.05, 4.69) is 10.2 Å². The lowest BCUT2D eigenvalue weighted by molar-refractivity contribution is 0.0944. The normalized spacial score (nSPS) is 16.5. The highest BCUT2D eigenvalue weighted by Crippen LogP contribution is 2.33. The van der Waals surface area contributed by atoms with Crippen LogP contribution in [0.1, 0.15) is 23.5 Å². The maximum Gasteiger partial charge on any atom is 0.177 e. The highest BCUT2D eigenvalue weighted by atomic mass is 32.1. The molecule has 0 radical (unpaired) electrons. The van der Waals surface area contributed by atoms with Gasteiger partial charge in [0.25, 0.3) is 0 Å². The molecule has 1 saturated heterocycles. The predicted octanol–water partition coefficient (Wildman–Crippen LogP) is 1.58. The molecule has 1 fully saturated rings. The van der Waals surface area contributed by atoms with Crippen molar-refractivity contribution in [3.8, 4) is 0 Å². The van der Waals surface area contributed by atoms with Crippen LogP contribution in [0.15, 0.2) is 6.07 Å². The molecule has 1 aromatic rings. The van der Waals surface area contributed by atoms with Crippen molar-refractivity contribution < 1.29 is 4.79 Å². The number of Topliss-reactive ketones (excluding diaryl/α,β-unsaturated/α-hetero) is 1. The highest BCUT2D eigenvalue weighted by molar-refractivity contribution is 7.18. The Labute approximate surface area is 106 Å². The second kappa shape index (κ2) is 5.06. The minimum Gasteiger partial charge on any atom is -0.397 e. The van der Waals surface area contributed by atoms with Gasteiger partial charge in [-0.1, -0.05) is 13.8 Å². The molecule has 94 valence electrons. The number of piperazine rings is 1. The first-order valence-electron chi connectivity index (χ1n) is 5.98. The van der Waals surface area contributed by atoms with Gasteiger partial charge in [-0.15, -0.1) is 11.3 Å². The van der Waals surface area contributed by atoms with E-state index in [0.717, 1.165) is 31.2 Å². The zero-order chi connectivity index (χ0) is 12.4. The van der Waals surface area contributed by atoms with E-state index in [4.69, 9.17) is 5.73 Å². The molecule has 0 unspecified atom stereocenters. The van der Waals surface area contributed by atoms with Gasteiger partial charge >= 0.3 is 0 Å². The number of hydrogen-bond donors (Lipinski definition) is 2. The molecular formula is C12H19N3OS. The maximum absolute atomic E-state index is 12.0. The van der Waals surface area contributed by atoms with E-state index in [1.165, 1.54) is 11.3 Å². The van der Waals surface area contributed by atoms with Gasteiger partial charge in [-0.2, -0.15) is 0 Å². The van der Waals surface area contributed by atoms with E-state index in [-0.39, 0.29) is 11.7 Å². The number of nitrogens with two attached hydrogens (primary N) is 1. The first-order chi connectivity index (χ1) is 8.09. The molecule has 1 aliphatic rings. The average Bonchev–Trinajstić information content (AvgIpc) is 2.71. The van der Waals surface area contributed by atoms with E-state index >= 15 is 0 Å². The van der Waals surface area contributed by atoms with Crippen molar-refractivity contribution >= 4 is 27.8 Å². The smallest absolute Gasteiger partial charge is 0.177 e.